The highest BCUT2D eigenvalue weighted by Gasteiger charge is 2.24. The molecule has 5 heteroatoms. The van der Waals surface area contributed by atoms with Gasteiger partial charge in [-0.3, -0.25) is 0 Å². The van der Waals surface area contributed by atoms with Gasteiger partial charge in [-0.15, -0.1) is 11.3 Å². The van der Waals surface area contributed by atoms with E-state index in [-0.39, 0.29) is 15.9 Å². The van der Waals surface area contributed by atoms with Crippen LogP contribution >= 0.6 is 11.3 Å². The van der Waals surface area contributed by atoms with Gasteiger partial charge in [-0.2, -0.15) is 0 Å². The zero-order chi connectivity index (χ0) is 14.4. The van der Waals surface area contributed by atoms with Crippen LogP contribution in [0, 0.1) is 0 Å². The summed E-state index contributed by atoms with van der Waals surface area (Å²) in [6, 6.07) is 5.48. The maximum atomic E-state index is 11.3. The van der Waals surface area contributed by atoms with E-state index in [1.54, 1.807) is 12.1 Å². The smallest absolute Gasteiger partial charge is 0.346 e. The van der Waals surface area contributed by atoms with E-state index in [1.165, 1.54) is 0 Å². The van der Waals surface area contributed by atoms with Crippen molar-refractivity contribution in [3.8, 4) is 0 Å². The van der Waals surface area contributed by atoms with Crippen LogP contribution in [0.5, 0.6) is 0 Å². The molecule has 2 rings (SSSR count). The predicted octanol–water partition coefficient (Wildman–Crippen LogP) is 3.60. The second kappa shape index (κ2) is 4.35. The second-order valence-corrected chi connectivity index (χ2v) is 6.43. The number of aromatic carboxylic acids is 2. The van der Waals surface area contributed by atoms with Crippen molar-refractivity contribution < 1.29 is 19.8 Å². The van der Waals surface area contributed by atoms with Crippen LogP contribution in [0.4, 0.5) is 0 Å². The molecule has 19 heavy (non-hydrogen) atoms. The molecule has 0 bridgehead atoms. The van der Waals surface area contributed by atoms with Crippen molar-refractivity contribution in [2.75, 3.05) is 0 Å². The van der Waals surface area contributed by atoms with Gasteiger partial charge in [0, 0.05) is 10.1 Å². The molecule has 0 saturated carbocycles. The predicted molar refractivity (Wildman–Crippen MR) is 74.4 cm³/mol. The van der Waals surface area contributed by atoms with Crippen molar-refractivity contribution in [3.63, 3.8) is 0 Å². The van der Waals surface area contributed by atoms with Crippen LogP contribution in [0.3, 0.4) is 0 Å². The van der Waals surface area contributed by atoms with Crippen molar-refractivity contribution in [1.82, 2.24) is 0 Å². The highest BCUT2D eigenvalue weighted by atomic mass is 32.1. The summed E-state index contributed by atoms with van der Waals surface area (Å²) in [6.45, 7) is 6.08. The van der Waals surface area contributed by atoms with E-state index in [2.05, 4.69) is 0 Å². The van der Waals surface area contributed by atoms with E-state index in [0.29, 0.717) is 10.1 Å². The van der Waals surface area contributed by atoms with Crippen molar-refractivity contribution >= 4 is 33.4 Å². The van der Waals surface area contributed by atoms with E-state index in [9.17, 15) is 14.7 Å². The van der Waals surface area contributed by atoms with E-state index in [1.807, 2.05) is 26.8 Å². The molecule has 2 aromatic rings. The van der Waals surface area contributed by atoms with E-state index in [4.69, 9.17) is 5.11 Å². The molecule has 2 N–H and O–H groups in total. The monoisotopic (exact) mass is 278 g/mol. The molecule has 0 spiro atoms. The number of benzene rings is 1. The van der Waals surface area contributed by atoms with Gasteiger partial charge < -0.3 is 10.2 Å². The third-order valence-corrected chi connectivity index (χ3v) is 4.12. The SMILES string of the molecule is CC(C)(C)c1ccc2sc(C(=O)O)c(C(=O)O)c2c1. The maximum Gasteiger partial charge on any atom is 0.346 e. The molecule has 0 fully saturated rings. The molecule has 1 heterocycles. The Balaban J connectivity index is 2.81. The number of fused-ring (bicyclic) bond motifs is 1. The minimum absolute atomic E-state index is 0.112. The molecule has 0 unspecified atom stereocenters. The summed E-state index contributed by atoms with van der Waals surface area (Å²) in [5.41, 5.74) is 0.755. The van der Waals surface area contributed by atoms with Gasteiger partial charge in [-0.25, -0.2) is 9.59 Å². The third-order valence-electron chi connectivity index (χ3n) is 2.96. The molecule has 100 valence electrons. The summed E-state index contributed by atoms with van der Waals surface area (Å²) in [5.74, 6) is -2.40. The van der Waals surface area contributed by atoms with Gasteiger partial charge in [-0.1, -0.05) is 26.8 Å². The summed E-state index contributed by atoms with van der Waals surface area (Å²) in [7, 11) is 0. The fourth-order valence-electron chi connectivity index (χ4n) is 1.93. The normalized spacial score (nSPS) is 11.7. The molecule has 1 aromatic carbocycles. The zero-order valence-electron chi connectivity index (χ0n) is 10.9. The Morgan fingerprint density at radius 2 is 1.74 bits per heavy atom. The Morgan fingerprint density at radius 1 is 1.11 bits per heavy atom. The second-order valence-electron chi connectivity index (χ2n) is 5.38. The van der Waals surface area contributed by atoms with Crippen LogP contribution in [0.15, 0.2) is 18.2 Å². The summed E-state index contributed by atoms with van der Waals surface area (Å²) in [5, 5.41) is 18.8. The first-order valence-electron chi connectivity index (χ1n) is 5.75. The van der Waals surface area contributed by atoms with Gasteiger partial charge in [0.2, 0.25) is 0 Å². The third kappa shape index (κ3) is 2.33. The fourth-order valence-corrected chi connectivity index (χ4v) is 2.94. The molecule has 4 nitrogen and oxygen atoms in total. The van der Waals surface area contributed by atoms with Crippen LogP contribution in [0.2, 0.25) is 0 Å². The molecule has 0 aliphatic rings. The Morgan fingerprint density at radius 3 is 2.21 bits per heavy atom. The number of carbonyl (C=O) groups is 2. The molecule has 0 aliphatic heterocycles. The lowest BCUT2D eigenvalue weighted by molar-refractivity contribution is 0.0657. The van der Waals surface area contributed by atoms with Gasteiger partial charge in [0.15, 0.2) is 0 Å². The molecule has 0 saturated heterocycles. The van der Waals surface area contributed by atoms with Crippen molar-refractivity contribution in [2.45, 2.75) is 26.2 Å². The summed E-state index contributed by atoms with van der Waals surface area (Å²) >= 11 is 0.999. The minimum atomic E-state index is -1.20. The first kappa shape index (κ1) is 13.5. The summed E-state index contributed by atoms with van der Waals surface area (Å²) in [4.78, 5) is 22.3. The van der Waals surface area contributed by atoms with Gasteiger partial charge >= 0.3 is 11.9 Å². The molecule has 1 aromatic heterocycles. The number of hydrogen-bond donors (Lipinski definition) is 2. The van der Waals surface area contributed by atoms with E-state index in [0.717, 1.165) is 16.9 Å². The van der Waals surface area contributed by atoms with Crippen molar-refractivity contribution in [1.29, 1.82) is 0 Å². The lowest BCUT2D eigenvalue weighted by Gasteiger charge is -2.18. The highest BCUT2D eigenvalue weighted by Crippen LogP contribution is 2.34. The van der Waals surface area contributed by atoms with Crippen LogP contribution < -0.4 is 0 Å². The summed E-state index contributed by atoms with van der Waals surface area (Å²) in [6.07, 6.45) is 0. The lowest BCUT2D eigenvalue weighted by Crippen LogP contribution is -2.11. The number of rotatable bonds is 2. The van der Waals surface area contributed by atoms with Gasteiger partial charge in [0.05, 0.1) is 5.56 Å². The van der Waals surface area contributed by atoms with E-state index >= 15 is 0 Å². The Bertz CT molecular complexity index is 677. The van der Waals surface area contributed by atoms with Gasteiger partial charge in [0.1, 0.15) is 4.88 Å². The molecule has 0 radical (unpaired) electrons. The van der Waals surface area contributed by atoms with E-state index < -0.39 is 11.9 Å². The molecule has 0 atom stereocenters. The van der Waals surface area contributed by atoms with Crippen LogP contribution in [-0.2, 0) is 5.41 Å². The van der Waals surface area contributed by atoms with Crippen molar-refractivity contribution in [2.24, 2.45) is 0 Å². The van der Waals surface area contributed by atoms with Crippen LogP contribution in [-0.4, -0.2) is 22.2 Å². The fraction of sp³-hybridized carbons (Fsp3) is 0.286. The Hall–Kier alpha value is -1.88. The standard InChI is InChI=1S/C14H14O4S/c1-14(2,3)7-4-5-9-8(6-7)10(12(15)16)11(19-9)13(17)18/h4-6H,1-3H3,(H,15,16)(H,17,18). The first-order chi connectivity index (χ1) is 8.71. The Labute approximate surface area is 114 Å². The number of carboxylic acids is 2. The average molecular weight is 278 g/mol. The van der Waals surface area contributed by atoms with Crippen LogP contribution in [0.25, 0.3) is 10.1 Å². The largest absolute Gasteiger partial charge is 0.478 e. The van der Waals surface area contributed by atoms with Gasteiger partial charge in [0.25, 0.3) is 0 Å². The number of thiophene rings is 1. The number of hydrogen-bond acceptors (Lipinski definition) is 3. The van der Waals surface area contributed by atoms with Gasteiger partial charge in [-0.05, 0) is 23.1 Å². The maximum absolute atomic E-state index is 11.3. The topological polar surface area (TPSA) is 74.6 Å². The van der Waals surface area contributed by atoms with Crippen molar-refractivity contribution in [3.05, 3.63) is 34.2 Å². The highest BCUT2D eigenvalue weighted by molar-refractivity contribution is 7.21. The molecule has 0 amide bonds. The molecular weight excluding hydrogens is 264 g/mol. The number of carboxylic acid groups (broad SMARTS) is 2. The minimum Gasteiger partial charge on any atom is -0.478 e. The Kier molecular flexibility index (Phi) is 3.10. The lowest BCUT2D eigenvalue weighted by atomic mass is 9.86. The molecular formula is C14H14O4S. The van der Waals surface area contributed by atoms with Crippen LogP contribution in [0.1, 0.15) is 46.4 Å². The first-order valence-corrected chi connectivity index (χ1v) is 6.57. The quantitative estimate of drug-likeness (QED) is 0.880. The zero-order valence-corrected chi connectivity index (χ0v) is 11.7. The average Bonchev–Trinajstić information content (AvgIpc) is 2.65. The molecule has 0 aliphatic carbocycles. The summed E-state index contributed by atoms with van der Waals surface area (Å²) < 4.78 is 0.683.